The van der Waals surface area contributed by atoms with Crippen LogP contribution in [0.4, 0.5) is 16.3 Å². The second-order valence-corrected chi connectivity index (χ2v) is 10.0. The third-order valence-electron chi connectivity index (χ3n) is 5.32. The number of hydrogen-bond acceptors (Lipinski definition) is 6. The molecule has 31 heavy (non-hydrogen) atoms. The summed E-state index contributed by atoms with van der Waals surface area (Å²) in [7, 11) is 0. The van der Waals surface area contributed by atoms with E-state index < -0.39 is 0 Å². The molecule has 1 aromatic carbocycles. The fourth-order valence-corrected chi connectivity index (χ4v) is 3.64. The number of morpholine rings is 1. The van der Waals surface area contributed by atoms with E-state index in [1.54, 1.807) is 11.8 Å². The molecule has 0 unspecified atom stereocenters. The first-order chi connectivity index (χ1) is 14.7. The molecule has 2 amide bonds. The van der Waals surface area contributed by atoms with E-state index in [9.17, 15) is 4.79 Å². The molecule has 1 saturated heterocycles. The molecule has 2 heterocycles. The van der Waals surface area contributed by atoms with E-state index in [4.69, 9.17) is 14.7 Å². The summed E-state index contributed by atoms with van der Waals surface area (Å²) < 4.78 is 5.47. The SMILES string of the molecule is CSC(C)(C)c1cc(N2CCOC[C@@H]2C)nc(-c2ccc(NC(=O)NC(C)C)cc2)n1. The summed E-state index contributed by atoms with van der Waals surface area (Å²) in [5, 5.41) is 5.67. The Morgan fingerprint density at radius 3 is 2.58 bits per heavy atom. The summed E-state index contributed by atoms with van der Waals surface area (Å²) in [6, 6.07) is 9.87. The van der Waals surface area contributed by atoms with Crippen LogP contribution in [0.2, 0.25) is 0 Å². The molecule has 1 aliphatic rings. The number of rotatable bonds is 6. The Kier molecular flexibility index (Phi) is 7.43. The van der Waals surface area contributed by atoms with Gasteiger partial charge in [-0.25, -0.2) is 14.8 Å². The number of urea groups is 1. The van der Waals surface area contributed by atoms with Crippen molar-refractivity contribution in [3.63, 3.8) is 0 Å². The van der Waals surface area contributed by atoms with Crippen molar-refractivity contribution in [3.8, 4) is 11.4 Å². The van der Waals surface area contributed by atoms with Crippen molar-refractivity contribution in [1.29, 1.82) is 0 Å². The van der Waals surface area contributed by atoms with Crippen molar-refractivity contribution in [1.82, 2.24) is 15.3 Å². The lowest BCUT2D eigenvalue weighted by Crippen LogP contribution is -2.44. The van der Waals surface area contributed by atoms with E-state index in [-0.39, 0.29) is 22.9 Å². The monoisotopic (exact) mass is 443 g/mol. The molecule has 168 valence electrons. The highest BCUT2D eigenvalue weighted by molar-refractivity contribution is 7.99. The third kappa shape index (κ3) is 5.89. The normalized spacial score (nSPS) is 17.0. The fourth-order valence-electron chi connectivity index (χ4n) is 3.32. The molecule has 8 heteroatoms. The molecule has 0 bridgehead atoms. The number of ether oxygens (including phenoxy) is 1. The predicted molar refractivity (Wildman–Crippen MR) is 129 cm³/mol. The van der Waals surface area contributed by atoms with Crippen LogP contribution in [0.3, 0.4) is 0 Å². The number of nitrogens with one attached hydrogen (secondary N) is 2. The van der Waals surface area contributed by atoms with Crippen LogP contribution in [-0.2, 0) is 9.48 Å². The van der Waals surface area contributed by atoms with Crippen molar-refractivity contribution < 1.29 is 9.53 Å². The largest absolute Gasteiger partial charge is 0.377 e. The van der Waals surface area contributed by atoms with Crippen molar-refractivity contribution in [2.45, 2.75) is 51.4 Å². The number of nitrogens with zero attached hydrogens (tertiary/aromatic N) is 3. The lowest BCUT2D eigenvalue weighted by Gasteiger charge is -2.35. The summed E-state index contributed by atoms with van der Waals surface area (Å²) in [5.41, 5.74) is 2.64. The number of benzene rings is 1. The number of aromatic nitrogens is 2. The van der Waals surface area contributed by atoms with Crippen LogP contribution in [0.1, 0.15) is 40.3 Å². The first kappa shape index (κ1) is 23.3. The van der Waals surface area contributed by atoms with Gasteiger partial charge in [0.1, 0.15) is 5.82 Å². The lowest BCUT2D eigenvalue weighted by molar-refractivity contribution is 0.0985. The highest BCUT2D eigenvalue weighted by atomic mass is 32.2. The van der Waals surface area contributed by atoms with Crippen LogP contribution in [0.25, 0.3) is 11.4 Å². The van der Waals surface area contributed by atoms with E-state index in [1.807, 2.05) is 38.1 Å². The molecule has 2 N–H and O–H groups in total. The van der Waals surface area contributed by atoms with Crippen LogP contribution in [-0.4, -0.2) is 54.1 Å². The van der Waals surface area contributed by atoms with Gasteiger partial charge in [-0.1, -0.05) is 0 Å². The molecule has 0 radical (unpaired) electrons. The number of carbonyl (C=O) groups is 1. The molecule has 1 aromatic heterocycles. The molecule has 0 aliphatic carbocycles. The van der Waals surface area contributed by atoms with E-state index in [0.717, 1.165) is 29.3 Å². The Bertz CT molecular complexity index is 901. The molecule has 2 aromatic rings. The van der Waals surface area contributed by atoms with Gasteiger partial charge >= 0.3 is 6.03 Å². The van der Waals surface area contributed by atoms with Crippen LogP contribution < -0.4 is 15.5 Å². The minimum absolute atomic E-state index is 0.0798. The molecular weight excluding hydrogens is 410 g/mol. The maximum Gasteiger partial charge on any atom is 0.319 e. The molecule has 1 atom stereocenters. The summed E-state index contributed by atoms with van der Waals surface area (Å²) in [5.74, 6) is 1.61. The van der Waals surface area contributed by atoms with Gasteiger partial charge < -0.3 is 20.3 Å². The van der Waals surface area contributed by atoms with Gasteiger partial charge in [0, 0.05) is 29.9 Å². The van der Waals surface area contributed by atoms with Crippen LogP contribution in [0, 0.1) is 0 Å². The van der Waals surface area contributed by atoms with Crippen LogP contribution in [0.5, 0.6) is 0 Å². The topological polar surface area (TPSA) is 79.4 Å². The molecule has 1 aliphatic heterocycles. The van der Waals surface area contributed by atoms with E-state index in [0.29, 0.717) is 19.0 Å². The Hall–Kier alpha value is -2.32. The maximum atomic E-state index is 12.0. The Morgan fingerprint density at radius 2 is 1.97 bits per heavy atom. The zero-order valence-electron chi connectivity index (χ0n) is 19.2. The van der Waals surface area contributed by atoms with Gasteiger partial charge in [-0.2, -0.15) is 11.8 Å². The average Bonchev–Trinajstić information content (AvgIpc) is 2.73. The molecule has 0 saturated carbocycles. The molecule has 7 nitrogen and oxygen atoms in total. The van der Waals surface area contributed by atoms with Gasteiger partial charge in [0.15, 0.2) is 5.82 Å². The highest BCUT2D eigenvalue weighted by Crippen LogP contribution is 2.35. The molecule has 3 rings (SSSR count). The quantitative estimate of drug-likeness (QED) is 0.684. The number of hydrogen-bond donors (Lipinski definition) is 2. The van der Waals surface area contributed by atoms with Gasteiger partial charge in [-0.3, -0.25) is 0 Å². The van der Waals surface area contributed by atoms with Gasteiger partial charge in [0.25, 0.3) is 0 Å². The van der Waals surface area contributed by atoms with Crippen molar-refractivity contribution in [2.75, 3.05) is 36.2 Å². The maximum absolute atomic E-state index is 12.0. The Morgan fingerprint density at radius 1 is 1.26 bits per heavy atom. The lowest BCUT2D eigenvalue weighted by atomic mass is 10.1. The van der Waals surface area contributed by atoms with Crippen molar-refractivity contribution in [3.05, 3.63) is 36.0 Å². The second-order valence-electron chi connectivity index (χ2n) is 8.60. The number of anilines is 2. The van der Waals surface area contributed by atoms with E-state index >= 15 is 0 Å². The summed E-state index contributed by atoms with van der Waals surface area (Å²) >= 11 is 1.77. The smallest absolute Gasteiger partial charge is 0.319 e. The number of amides is 2. The number of thioether (sulfide) groups is 1. The number of carbonyl (C=O) groups excluding carboxylic acids is 1. The molecule has 1 fully saturated rings. The molecule has 0 spiro atoms. The summed E-state index contributed by atoms with van der Waals surface area (Å²) in [4.78, 5) is 24.1. The first-order valence-corrected chi connectivity index (χ1v) is 11.9. The van der Waals surface area contributed by atoms with Gasteiger partial charge in [0.2, 0.25) is 0 Å². The zero-order chi connectivity index (χ0) is 22.6. The van der Waals surface area contributed by atoms with Crippen LogP contribution in [0.15, 0.2) is 30.3 Å². The van der Waals surface area contributed by atoms with Crippen molar-refractivity contribution in [2.24, 2.45) is 0 Å². The standard InChI is InChI=1S/C23H33N5O2S/c1-15(2)24-22(29)25-18-9-7-17(8-10-18)21-26-19(23(4,5)31-6)13-20(27-21)28-11-12-30-14-16(28)3/h7-10,13,15-16H,11-12,14H2,1-6H3,(H2,24,25,29)/t16-/m0/s1. The Labute approximate surface area is 189 Å². The zero-order valence-corrected chi connectivity index (χ0v) is 20.0. The summed E-state index contributed by atoms with van der Waals surface area (Å²) in [6.07, 6.45) is 2.10. The van der Waals surface area contributed by atoms with E-state index in [1.165, 1.54) is 0 Å². The molecular formula is C23H33N5O2S. The predicted octanol–water partition coefficient (Wildman–Crippen LogP) is 4.50. The fraction of sp³-hybridized carbons (Fsp3) is 0.522. The summed E-state index contributed by atoms with van der Waals surface area (Å²) in [6.45, 7) is 12.6. The highest BCUT2D eigenvalue weighted by Gasteiger charge is 2.26. The second kappa shape index (κ2) is 9.87. The van der Waals surface area contributed by atoms with E-state index in [2.05, 4.69) is 48.6 Å². The minimum Gasteiger partial charge on any atom is -0.377 e. The Balaban J connectivity index is 1.93. The van der Waals surface area contributed by atoms with Gasteiger partial charge in [-0.15, -0.1) is 0 Å². The van der Waals surface area contributed by atoms with Crippen LogP contribution >= 0.6 is 11.8 Å². The third-order valence-corrected chi connectivity index (χ3v) is 6.55. The average molecular weight is 444 g/mol. The first-order valence-electron chi connectivity index (χ1n) is 10.7. The van der Waals surface area contributed by atoms with Gasteiger partial charge in [0.05, 0.1) is 29.7 Å². The van der Waals surface area contributed by atoms with Gasteiger partial charge in [-0.05, 0) is 65.1 Å². The van der Waals surface area contributed by atoms with Crippen molar-refractivity contribution >= 4 is 29.3 Å². The minimum atomic E-state index is -0.216.